The Morgan fingerprint density at radius 3 is 1.41 bits per heavy atom. The maximum absolute atomic E-state index is 12.4. The number of hydrogen-bond acceptors (Lipinski definition) is 4. The Balaban J connectivity index is 1.92. The van der Waals surface area contributed by atoms with E-state index in [9.17, 15) is 9.59 Å². The van der Waals surface area contributed by atoms with Crippen molar-refractivity contribution in [1.29, 1.82) is 0 Å². The van der Waals surface area contributed by atoms with Crippen molar-refractivity contribution in [2.24, 2.45) is 0 Å². The number of unbranched alkanes of at least 4 members (excludes halogenated alkanes) is 6. The van der Waals surface area contributed by atoms with E-state index in [4.69, 9.17) is 23.2 Å². The Bertz CT molecular complexity index is 1030. The highest BCUT2D eigenvalue weighted by Crippen LogP contribution is 2.39. The molecule has 0 aliphatic rings. The molecule has 3 rings (SSSR count). The molecule has 0 atom stereocenters. The van der Waals surface area contributed by atoms with Crippen LogP contribution in [0.4, 0.5) is 0 Å². The first-order valence-corrected chi connectivity index (χ1v) is 14.7. The van der Waals surface area contributed by atoms with Gasteiger partial charge in [0.05, 0.1) is 0 Å². The highest BCUT2D eigenvalue weighted by atomic mass is 35.5. The van der Waals surface area contributed by atoms with E-state index in [0.717, 1.165) is 35.4 Å². The van der Waals surface area contributed by atoms with Crippen LogP contribution in [0.2, 0.25) is 0 Å². The van der Waals surface area contributed by atoms with Gasteiger partial charge in [-0.25, -0.2) is 0 Å². The molecule has 0 spiro atoms. The van der Waals surface area contributed by atoms with Crippen molar-refractivity contribution in [3.63, 3.8) is 0 Å². The summed E-state index contributed by atoms with van der Waals surface area (Å²) in [6.45, 7) is 4.41. The Morgan fingerprint density at radius 2 is 1.06 bits per heavy atom. The summed E-state index contributed by atoms with van der Waals surface area (Å²) in [7, 11) is 0. The first-order valence-electron chi connectivity index (χ1n) is 12.2. The normalized spacial score (nSPS) is 11.2. The lowest BCUT2D eigenvalue weighted by atomic mass is 9.96. The molecule has 6 heteroatoms. The summed E-state index contributed by atoms with van der Waals surface area (Å²) in [5.74, 6) is 0. The third-order valence-electron chi connectivity index (χ3n) is 6.06. The number of rotatable bonds is 14. The minimum Gasteiger partial charge on any atom is -0.276 e. The zero-order chi connectivity index (χ0) is 24.5. The Hall–Kier alpha value is -1.46. The third-order valence-corrected chi connectivity index (χ3v) is 8.49. The molecule has 3 aromatic rings. The molecule has 0 fully saturated rings. The highest BCUT2D eigenvalue weighted by Gasteiger charge is 2.21. The Labute approximate surface area is 221 Å². The molecule has 0 saturated carbocycles. The van der Waals surface area contributed by atoms with Gasteiger partial charge in [0.15, 0.2) is 0 Å². The minimum absolute atomic E-state index is 0.413. The van der Waals surface area contributed by atoms with E-state index >= 15 is 0 Å². The van der Waals surface area contributed by atoms with Gasteiger partial charge < -0.3 is 0 Å². The van der Waals surface area contributed by atoms with Gasteiger partial charge in [0, 0.05) is 32.0 Å². The molecule has 0 radical (unpaired) electrons. The number of carbonyl (C=O) groups is 2. The van der Waals surface area contributed by atoms with Crippen LogP contribution in [0.1, 0.15) is 97.1 Å². The number of carbonyl (C=O) groups excluding carboxylic acids is 2. The van der Waals surface area contributed by atoms with Crippen molar-refractivity contribution in [1.82, 2.24) is 0 Å². The average molecular weight is 536 g/mol. The van der Waals surface area contributed by atoms with Gasteiger partial charge in [0.2, 0.25) is 0 Å². The van der Waals surface area contributed by atoms with Gasteiger partial charge in [0.1, 0.15) is 0 Å². The quantitative estimate of drug-likeness (QED) is 0.152. The molecule has 182 valence electrons. The number of hydrogen-bond donors (Lipinski definition) is 0. The molecule has 0 bridgehead atoms. The molecule has 34 heavy (non-hydrogen) atoms. The molecule has 0 aliphatic heterocycles. The summed E-state index contributed by atoms with van der Waals surface area (Å²) in [6, 6.07) is 7.70. The van der Waals surface area contributed by atoms with Crippen molar-refractivity contribution >= 4 is 56.4 Å². The molecule has 0 saturated heterocycles. The van der Waals surface area contributed by atoms with Crippen LogP contribution in [0.15, 0.2) is 35.0 Å². The van der Waals surface area contributed by atoms with Crippen LogP contribution in [-0.2, 0) is 12.8 Å². The fourth-order valence-corrected chi connectivity index (χ4v) is 6.41. The highest BCUT2D eigenvalue weighted by molar-refractivity contribution is 7.14. The predicted molar refractivity (Wildman–Crippen MR) is 149 cm³/mol. The van der Waals surface area contributed by atoms with E-state index in [1.807, 2.05) is 0 Å². The summed E-state index contributed by atoms with van der Waals surface area (Å²) >= 11 is 15.2. The molecular weight excluding hydrogens is 503 g/mol. The molecule has 2 heterocycles. The smallest absolute Gasteiger partial charge is 0.253 e. The van der Waals surface area contributed by atoms with Gasteiger partial charge in [-0.15, -0.1) is 22.7 Å². The van der Waals surface area contributed by atoms with Crippen LogP contribution in [-0.4, -0.2) is 10.5 Å². The first-order chi connectivity index (χ1) is 16.4. The molecule has 0 aliphatic carbocycles. The van der Waals surface area contributed by atoms with Crippen LogP contribution >= 0.6 is 45.9 Å². The topological polar surface area (TPSA) is 34.1 Å². The van der Waals surface area contributed by atoms with Gasteiger partial charge >= 0.3 is 0 Å². The van der Waals surface area contributed by atoms with Crippen molar-refractivity contribution in [3.8, 4) is 20.9 Å². The second-order valence-electron chi connectivity index (χ2n) is 8.75. The number of halogens is 2. The number of thiophene rings is 2. The maximum Gasteiger partial charge on any atom is 0.253 e. The summed E-state index contributed by atoms with van der Waals surface area (Å²) < 4.78 is 0. The molecule has 2 nitrogen and oxygen atoms in total. The van der Waals surface area contributed by atoms with Crippen LogP contribution in [0.3, 0.4) is 0 Å². The first kappa shape index (κ1) is 27.1. The van der Waals surface area contributed by atoms with Gasteiger partial charge in [-0.05, 0) is 95.0 Å². The van der Waals surface area contributed by atoms with Gasteiger partial charge in [0.25, 0.3) is 10.5 Å². The van der Waals surface area contributed by atoms with E-state index in [-0.39, 0.29) is 0 Å². The van der Waals surface area contributed by atoms with Crippen LogP contribution in [0, 0.1) is 0 Å². The lowest BCUT2D eigenvalue weighted by molar-refractivity contribution is 0.107. The van der Waals surface area contributed by atoms with Gasteiger partial charge in [-0.3, -0.25) is 9.59 Å². The van der Waals surface area contributed by atoms with E-state index in [0.29, 0.717) is 22.3 Å². The second kappa shape index (κ2) is 13.6. The fourth-order valence-electron chi connectivity index (χ4n) is 4.14. The lowest BCUT2D eigenvalue weighted by Gasteiger charge is -2.11. The van der Waals surface area contributed by atoms with Gasteiger partial charge in [-0.1, -0.05) is 52.4 Å². The van der Waals surface area contributed by atoms with Crippen molar-refractivity contribution in [2.75, 3.05) is 0 Å². The fraction of sp³-hybridized carbons (Fsp3) is 0.429. The van der Waals surface area contributed by atoms with E-state index in [2.05, 4.69) is 36.7 Å². The molecule has 0 unspecified atom stereocenters. The molecule has 0 amide bonds. The largest absolute Gasteiger partial charge is 0.276 e. The second-order valence-corrected chi connectivity index (χ2v) is 11.3. The number of benzene rings is 1. The van der Waals surface area contributed by atoms with E-state index < -0.39 is 10.5 Å². The summed E-state index contributed by atoms with van der Waals surface area (Å²) in [5.41, 5.74) is 4.67. The monoisotopic (exact) mass is 534 g/mol. The summed E-state index contributed by atoms with van der Waals surface area (Å²) in [4.78, 5) is 26.7. The Kier molecular flexibility index (Phi) is 10.8. The standard InChI is InChI=1S/C28H32Cl2O2S2/c1-3-5-7-9-11-19-13-25(33-17-19)21-15-24(28(30)32)22(16-23(21)27(29)31)26-14-20(18-34-26)12-10-8-6-4-2/h13-18H,3-12H2,1-2H3. The van der Waals surface area contributed by atoms with Crippen LogP contribution in [0.25, 0.3) is 20.9 Å². The zero-order valence-electron chi connectivity index (χ0n) is 19.9. The zero-order valence-corrected chi connectivity index (χ0v) is 23.1. The lowest BCUT2D eigenvalue weighted by Crippen LogP contribution is -2.00. The SMILES string of the molecule is CCCCCCc1csc(-c2cc(C(=O)Cl)c(-c3cc(CCCCCC)cs3)cc2C(=O)Cl)c1. The third kappa shape index (κ3) is 7.27. The molecule has 0 N–H and O–H groups in total. The van der Waals surface area contributed by atoms with E-state index in [1.54, 1.807) is 34.8 Å². The summed E-state index contributed by atoms with van der Waals surface area (Å²) in [5, 5.41) is 3.20. The predicted octanol–water partition coefficient (Wildman–Crippen LogP) is 10.1. The molecule has 1 aromatic carbocycles. The minimum atomic E-state index is -0.529. The molecule has 2 aromatic heterocycles. The number of aryl methyl sites for hydroxylation is 2. The van der Waals surface area contributed by atoms with Crippen molar-refractivity contribution < 1.29 is 9.59 Å². The van der Waals surface area contributed by atoms with E-state index in [1.165, 1.54) is 49.7 Å². The van der Waals surface area contributed by atoms with Crippen LogP contribution in [0.5, 0.6) is 0 Å². The van der Waals surface area contributed by atoms with Gasteiger partial charge in [-0.2, -0.15) is 0 Å². The summed E-state index contributed by atoms with van der Waals surface area (Å²) in [6.07, 6.45) is 11.7. The average Bonchev–Trinajstić information content (AvgIpc) is 3.48. The van der Waals surface area contributed by atoms with Crippen molar-refractivity contribution in [2.45, 2.75) is 78.1 Å². The van der Waals surface area contributed by atoms with Crippen LogP contribution < -0.4 is 0 Å². The Morgan fingerprint density at radius 1 is 0.647 bits per heavy atom. The van der Waals surface area contributed by atoms with Crippen molar-refractivity contribution in [3.05, 3.63) is 57.3 Å². The maximum atomic E-state index is 12.4. The molecular formula is C28H32Cl2O2S2.